The Labute approximate surface area is 341 Å². The first kappa shape index (κ1) is 35.4. The molecule has 0 amide bonds. The number of fused-ring (bicyclic) bond motifs is 3. The quantitative estimate of drug-likeness (QED) is 0.136. The molecule has 0 aromatic heterocycles. The fourth-order valence-corrected chi connectivity index (χ4v) is 9.09. The summed E-state index contributed by atoms with van der Waals surface area (Å²) in [5.74, 6) is 0. The van der Waals surface area contributed by atoms with Crippen molar-refractivity contribution in [2.45, 2.75) is 26.7 Å². The van der Waals surface area contributed by atoms with Gasteiger partial charge in [0.15, 0.2) is 0 Å². The summed E-state index contributed by atoms with van der Waals surface area (Å²) in [6.45, 7) is 4.48. The topological polar surface area (TPSA) is 0 Å². The zero-order valence-corrected chi connectivity index (χ0v) is 33.0. The van der Waals surface area contributed by atoms with Crippen LogP contribution in [0.3, 0.4) is 0 Å². The fourth-order valence-electron chi connectivity index (χ4n) is 9.09. The zero-order chi connectivity index (χ0) is 39.0. The number of aryl methyl sites for hydroxylation is 2. The average Bonchev–Trinajstić information content (AvgIpc) is 3.29. The highest BCUT2D eigenvalue weighted by atomic mass is 14.2. The van der Waals surface area contributed by atoms with E-state index < -0.39 is 0 Å². The molecule has 0 N–H and O–H groups in total. The van der Waals surface area contributed by atoms with E-state index in [2.05, 4.69) is 220 Å². The van der Waals surface area contributed by atoms with Crippen LogP contribution in [0.5, 0.6) is 0 Å². The fraction of sp³-hybridized carbons (Fsp3) is 0.0690. The van der Waals surface area contributed by atoms with E-state index in [1.807, 2.05) is 0 Å². The average molecular weight is 741 g/mol. The van der Waals surface area contributed by atoms with Gasteiger partial charge in [-0.1, -0.05) is 214 Å². The van der Waals surface area contributed by atoms with Gasteiger partial charge in [0.25, 0.3) is 0 Å². The molecule has 0 atom stereocenters. The minimum absolute atomic E-state index is 1.09. The molecule has 0 heterocycles. The standard InChI is InChI=1S/C58H44/c1-3-13-43-14-4-7-18-51(43)56-38-48(25-24-39(56)2)42-28-26-40(27-29-42)41-30-34-46(35-31-41)57-52-19-8-10-21-54(52)58(55-22-11-9-20-53(55)57)47-36-32-45(33-37-47)50-23-12-16-44-15-5-6-17-49(44)50/h4-12,14-38H,3,13H2,1-2H3. The van der Waals surface area contributed by atoms with Gasteiger partial charge in [-0.15, -0.1) is 0 Å². The summed E-state index contributed by atoms with van der Waals surface area (Å²) in [6.07, 6.45) is 2.23. The smallest absolute Gasteiger partial charge is 0.00264 e. The van der Waals surface area contributed by atoms with Crippen LogP contribution in [0.15, 0.2) is 206 Å². The molecule has 10 aromatic rings. The first-order valence-electron chi connectivity index (χ1n) is 20.6. The van der Waals surface area contributed by atoms with Crippen molar-refractivity contribution in [1.82, 2.24) is 0 Å². The molecular weight excluding hydrogens is 697 g/mol. The molecule has 0 unspecified atom stereocenters. The molecule has 0 aliphatic heterocycles. The maximum absolute atomic E-state index is 2.37. The van der Waals surface area contributed by atoms with E-state index in [4.69, 9.17) is 0 Å². The van der Waals surface area contributed by atoms with Gasteiger partial charge in [-0.3, -0.25) is 0 Å². The molecule has 276 valence electrons. The SMILES string of the molecule is CCCc1ccccc1-c1cc(-c2ccc(-c3ccc(-c4c5ccccc5c(-c5ccc(-c6cccc7ccccc67)cc5)c5ccccc45)cc3)cc2)ccc1C. The molecule has 0 aliphatic rings. The third-order valence-electron chi connectivity index (χ3n) is 12.0. The Balaban J connectivity index is 0.988. The Kier molecular flexibility index (Phi) is 9.24. The van der Waals surface area contributed by atoms with Gasteiger partial charge in [-0.05, 0) is 130 Å². The lowest BCUT2D eigenvalue weighted by Crippen LogP contribution is -1.92. The summed E-state index contributed by atoms with van der Waals surface area (Å²) >= 11 is 0. The lowest BCUT2D eigenvalue weighted by molar-refractivity contribution is 0.923. The Hall–Kier alpha value is -7.02. The van der Waals surface area contributed by atoms with Gasteiger partial charge in [-0.2, -0.15) is 0 Å². The van der Waals surface area contributed by atoms with E-state index in [9.17, 15) is 0 Å². The molecule has 0 bridgehead atoms. The summed E-state index contributed by atoms with van der Waals surface area (Å²) in [5, 5.41) is 7.60. The normalized spacial score (nSPS) is 11.4. The van der Waals surface area contributed by atoms with Crippen LogP contribution in [-0.2, 0) is 6.42 Å². The second-order valence-corrected chi connectivity index (χ2v) is 15.5. The van der Waals surface area contributed by atoms with Crippen molar-refractivity contribution in [2.24, 2.45) is 0 Å². The van der Waals surface area contributed by atoms with E-state index in [-0.39, 0.29) is 0 Å². The molecule has 0 fully saturated rings. The maximum atomic E-state index is 2.37. The Bertz CT molecular complexity index is 3030. The summed E-state index contributed by atoms with van der Waals surface area (Å²) in [5.41, 5.74) is 17.8. The molecule has 0 saturated heterocycles. The van der Waals surface area contributed by atoms with Gasteiger partial charge in [-0.25, -0.2) is 0 Å². The number of rotatable bonds is 8. The van der Waals surface area contributed by atoms with E-state index in [0.29, 0.717) is 0 Å². The second-order valence-electron chi connectivity index (χ2n) is 15.5. The Morgan fingerprint density at radius 1 is 0.310 bits per heavy atom. The Morgan fingerprint density at radius 2 is 0.724 bits per heavy atom. The Morgan fingerprint density at radius 3 is 1.29 bits per heavy atom. The maximum Gasteiger partial charge on any atom is -0.00264 e. The monoisotopic (exact) mass is 740 g/mol. The number of hydrogen-bond acceptors (Lipinski definition) is 0. The van der Waals surface area contributed by atoms with Crippen LogP contribution in [0.1, 0.15) is 24.5 Å². The van der Waals surface area contributed by atoms with E-state index >= 15 is 0 Å². The van der Waals surface area contributed by atoms with Gasteiger partial charge < -0.3 is 0 Å². The number of hydrogen-bond donors (Lipinski definition) is 0. The van der Waals surface area contributed by atoms with Crippen LogP contribution in [-0.4, -0.2) is 0 Å². The van der Waals surface area contributed by atoms with Crippen LogP contribution in [0.2, 0.25) is 0 Å². The van der Waals surface area contributed by atoms with Crippen LogP contribution in [0, 0.1) is 6.92 Å². The molecule has 0 saturated carbocycles. The van der Waals surface area contributed by atoms with Crippen LogP contribution < -0.4 is 0 Å². The molecule has 0 aliphatic carbocycles. The minimum Gasteiger partial charge on any atom is -0.0651 e. The van der Waals surface area contributed by atoms with Gasteiger partial charge in [0, 0.05) is 0 Å². The van der Waals surface area contributed by atoms with Crippen molar-refractivity contribution >= 4 is 32.3 Å². The molecule has 10 rings (SSSR count). The summed E-state index contributed by atoms with van der Waals surface area (Å²) in [7, 11) is 0. The predicted octanol–water partition coefficient (Wildman–Crippen LogP) is 16.4. The molecule has 0 nitrogen and oxygen atoms in total. The van der Waals surface area contributed by atoms with Gasteiger partial charge >= 0.3 is 0 Å². The van der Waals surface area contributed by atoms with Crippen LogP contribution >= 0.6 is 0 Å². The van der Waals surface area contributed by atoms with Crippen molar-refractivity contribution in [3.63, 3.8) is 0 Å². The third kappa shape index (κ3) is 6.38. The molecule has 0 heteroatoms. The lowest BCUT2D eigenvalue weighted by Gasteiger charge is -2.18. The molecule has 58 heavy (non-hydrogen) atoms. The van der Waals surface area contributed by atoms with Crippen molar-refractivity contribution in [1.29, 1.82) is 0 Å². The van der Waals surface area contributed by atoms with E-state index in [1.54, 1.807) is 0 Å². The van der Waals surface area contributed by atoms with Crippen molar-refractivity contribution < 1.29 is 0 Å². The second kappa shape index (κ2) is 15.1. The highest BCUT2D eigenvalue weighted by Gasteiger charge is 2.17. The third-order valence-corrected chi connectivity index (χ3v) is 12.0. The lowest BCUT2D eigenvalue weighted by atomic mass is 9.85. The summed E-state index contributed by atoms with van der Waals surface area (Å²) < 4.78 is 0. The van der Waals surface area contributed by atoms with Crippen molar-refractivity contribution in [3.05, 3.63) is 217 Å². The largest absolute Gasteiger partial charge is 0.0651 e. The highest BCUT2D eigenvalue weighted by Crippen LogP contribution is 2.44. The molecule has 10 aromatic carbocycles. The van der Waals surface area contributed by atoms with Gasteiger partial charge in [0.05, 0.1) is 0 Å². The van der Waals surface area contributed by atoms with E-state index in [1.165, 1.54) is 110 Å². The van der Waals surface area contributed by atoms with Crippen molar-refractivity contribution in [3.8, 4) is 66.8 Å². The van der Waals surface area contributed by atoms with Gasteiger partial charge in [0.1, 0.15) is 0 Å². The molecular formula is C58H44. The predicted molar refractivity (Wildman–Crippen MR) is 250 cm³/mol. The van der Waals surface area contributed by atoms with Crippen LogP contribution in [0.4, 0.5) is 0 Å². The molecule has 0 spiro atoms. The minimum atomic E-state index is 1.09. The number of benzene rings is 10. The van der Waals surface area contributed by atoms with E-state index in [0.717, 1.165) is 12.8 Å². The summed E-state index contributed by atoms with van der Waals surface area (Å²) in [6, 6.07) is 76.2. The zero-order valence-electron chi connectivity index (χ0n) is 33.0. The first-order chi connectivity index (χ1) is 28.6. The summed E-state index contributed by atoms with van der Waals surface area (Å²) in [4.78, 5) is 0. The van der Waals surface area contributed by atoms with Gasteiger partial charge in [0.2, 0.25) is 0 Å². The molecule has 0 radical (unpaired) electrons. The van der Waals surface area contributed by atoms with Crippen LogP contribution in [0.25, 0.3) is 99.1 Å². The highest BCUT2D eigenvalue weighted by molar-refractivity contribution is 6.21. The first-order valence-corrected chi connectivity index (χ1v) is 20.6. The van der Waals surface area contributed by atoms with Crippen molar-refractivity contribution in [2.75, 3.05) is 0 Å².